The molecule has 2 heterocycles. The van der Waals surface area contributed by atoms with E-state index in [9.17, 15) is 12.8 Å². The summed E-state index contributed by atoms with van der Waals surface area (Å²) in [7, 11) is -1.68. The molecule has 3 aromatic rings. The van der Waals surface area contributed by atoms with Crippen molar-refractivity contribution in [1.29, 1.82) is 0 Å². The number of sulfone groups is 1. The fourth-order valence-electron chi connectivity index (χ4n) is 3.85. The molecule has 186 valence electrons. The van der Waals surface area contributed by atoms with Gasteiger partial charge in [-0.05, 0) is 61.9 Å². The van der Waals surface area contributed by atoms with E-state index in [0.29, 0.717) is 30.3 Å². The van der Waals surface area contributed by atoms with Crippen LogP contribution >= 0.6 is 0 Å². The summed E-state index contributed by atoms with van der Waals surface area (Å²) in [5.74, 6) is 1.62. The summed E-state index contributed by atoms with van der Waals surface area (Å²) >= 11 is 0. The smallest absolute Gasteiger partial charge is 0.175 e. The highest BCUT2D eigenvalue weighted by molar-refractivity contribution is 7.90. The van der Waals surface area contributed by atoms with Crippen molar-refractivity contribution in [3.05, 3.63) is 66.4 Å². The maximum atomic E-state index is 13.0. The molecule has 2 N–H and O–H groups in total. The lowest BCUT2D eigenvalue weighted by Gasteiger charge is -2.16. The summed E-state index contributed by atoms with van der Waals surface area (Å²) in [5, 5.41) is 3.18. The summed E-state index contributed by atoms with van der Waals surface area (Å²) in [6.07, 6.45) is 3.62. The minimum Gasteiger partial charge on any atom is -0.488 e. The van der Waals surface area contributed by atoms with Crippen molar-refractivity contribution in [2.24, 2.45) is 0 Å². The van der Waals surface area contributed by atoms with Crippen LogP contribution < -0.4 is 14.8 Å². The molecule has 1 unspecified atom stereocenters. The van der Waals surface area contributed by atoms with Crippen molar-refractivity contribution < 1.29 is 27.0 Å². The Hall–Kier alpha value is -3.30. The second kappa shape index (κ2) is 10.5. The molecule has 0 saturated carbocycles. The Balaban J connectivity index is 1.62. The molecular weight excluding hydrogens is 471 g/mol. The largest absolute Gasteiger partial charge is 0.488 e. The van der Waals surface area contributed by atoms with Crippen LogP contribution in [0.5, 0.6) is 17.2 Å². The van der Waals surface area contributed by atoms with E-state index in [2.05, 4.69) is 10.3 Å². The van der Waals surface area contributed by atoms with Crippen molar-refractivity contribution >= 4 is 15.5 Å². The molecule has 4 rings (SSSR count). The monoisotopic (exact) mass is 500 g/mol. The van der Waals surface area contributed by atoms with Gasteiger partial charge in [-0.3, -0.25) is 0 Å². The molecule has 0 radical (unpaired) electrons. The zero-order valence-electron chi connectivity index (χ0n) is 19.9. The Morgan fingerprint density at radius 1 is 1.03 bits per heavy atom. The molecule has 0 amide bonds. The third-order valence-electron chi connectivity index (χ3n) is 5.55. The first-order chi connectivity index (χ1) is 16.7. The normalized spacial score (nSPS) is 16.5. The highest BCUT2D eigenvalue weighted by atomic mass is 32.2. The first-order valence-corrected chi connectivity index (χ1v) is 13.2. The third kappa shape index (κ3) is 6.23. The number of alkyl halides is 1. The second-order valence-corrected chi connectivity index (χ2v) is 10.6. The summed E-state index contributed by atoms with van der Waals surface area (Å²) in [4.78, 5) is 3.60. The van der Waals surface area contributed by atoms with E-state index in [1.807, 2.05) is 37.3 Å². The number of hydrogen-bond acceptors (Lipinski definition) is 6. The number of ether oxygens (including phenoxy) is 3. The SMILES string of the molecule is COC[C@H](C)Oc1cc(Oc2ccc(S(C)(=O)=O)cc2)cc(-c2ccc(C3=CCC(CF)N3)[nH]2)c1. The molecule has 0 fully saturated rings. The van der Waals surface area contributed by atoms with Gasteiger partial charge in [0.15, 0.2) is 9.84 Å². The van der Waals surface area contributed by atoms with Gasteiger partial charge in [-0.1, -0.05) is 6.08 Å². The quantitative estimate of drug-likeness (QED) is 0.409. The van der Waals surface area contributed by atoms with Crippen LogP contribution in [0.2, 0.25) is 0 Å². The minimum absolute atomic E-state index is 0.179. The van der Waals surface area contributed by atoms with Crippen LogP contribution in [0, 0.1) is 0 Å². The van der Waals surface area contributed by atoms with E-state index in [-0.39, 0.29) is 17.0 Å². The standard InChI is InChI=1S/C26H29FN2O5S/c1-17(16-32-2)33-21-12-18(24-10-11-26(29-24)25-9-4-19(15-27)28-25)13-22(14-21)34-20-5-7-23(8-6-20)35(3,30)31/h5-14,17,19,28-29H,4,15-16H2,1-3H3/t17-,19?/m0/s1. The molecule has 0 saturated heterocycles. The van der Waals surface area contributed by atoms with Crippen LogP contribution in [0.1, 0.15) is 19.0 Å². The number of nitrogens with one attached hydrogen (secondary N) is 2. The fraction of sp³-hybridized carbons (Fsp3) is 0.308. The van der Waals surface area contributed by atoms with Gasteiger partial charge in [0.25, 0.3) is 0 Å². The van der Waals surface area contributed by atoms with Crippen molar-refractivity contribution in [1.82, 2.24) is 10.3 Å². The van der Waals surface area contributed by atoms with Gasteiger partial charge >= 0.3 is 0 Å². The molecular formula is C26H29FN2O5S. The highest BCUT2D eigenvalue weighted by Crippen LogP contribution is 2.34. The number of benzene rings is 2. The molecule has 9 heteroatoms. The highest BCUT2D eigenvalue weighted by Gasteiger charge is 2.18. The van der Waals surface area contributed by atoms with Crippen LogP contribution in [0.25, 0.3) is 17.0 Å². The van der Waals surface area contributed by atoms with Crippen molar-refractivity contribution in [2.45, 2.75) is 30.4 Å². The molecule has 1 aromatic heterocycles. The molecule has 35 heavy (non-hydrogen) atoms. The molecule has 2 atom stereocenters. The Kier molecular flexibility index (Phi) is 7.47. The fourth-order valence-corrected chi connectivity index (χ4v) is 4.48. The number of methoxy groups -OCH3 is 1. The maximum Gasteiger partial charge on any atom is 0.175 e. The molecule has 0 bridgehead atoms. The lowest BCUT2D eigenvalue weighted by atomic mass is 10.1. The summed E-state index contributed by atoms with van der Waals surface area (Å²) in [6.45, 7) is 1.92. The zero-order chi connectivity index (χ0) is 25.0. The van der Waals surface area contributed by atoms with Gasteiger partial charge in [0.1, 0.15) is 30.0 Å². The van der Waals surface area contributed by atoms with Gasteiger partial charge in [-0.15, -0.1) is 0 Å². The number of aromatic nitrogens is 1. The van der Waals surface area contributed by atoms with Gasteiger partial charge in [0.2, 0.25) is 0 Å². The van der Waals surface area contributed by atoms with E-state index in [1.54, 1.807) is 25.3 Å². The van der Waals surface area contributed by atoms with E-state index in [0.717, 1.165) is 28.9 Å². The minimum atomic E-state index is -3.29. The van der Waals surface area contributed by atoms with Crippen LogP contribution in [0.15, 0.2) is 65.6 Å². The number of rotatable bonds is 10. The van der Waals surface area contributed by atoms with Gasteiger partial charge in [-0.2, -0.15) is 0 Å². The van der Waals surface area contributed by atoms with Gasteiger partial charge < -0.3 is 24.5 Å². The Labute approximate surface area is 204 Å². The van der Waals surface area contributed by atoms with E-state index < -0.39 is 16.5 Å². The number of aromatic amines is 1. The molecule has 2 aromatic carbocycles. The Bertz CT molecular complexity index is 1300. The summed E-state index contributed by atoms with van der Waals surface area (Å²) in [5.41, 5.74) is 3.42. The van der Waals surface area contributed by atoms with E-state index in [4.69, 9.17) is 14.2 Å². The zero-order valence-corrected chi connectivity index (χ0v) is 20.7. The van der Waals surface area contributed by atoms with Gasteiger partial charge in [0, 0.05) is 30.7 Å². The summed E-state index contributed by atoms with van der Waals surface area (Å²) in [6, 6.07) is 15.5. The van der Waals surface area contributed by atoms with Crippen LogP contribution in [-0.2, 0) is 14.6 Å². The van der Waals surface area contributed by atoms with Gasteiger partial charge in [0.05, 0.1) is 28.9 Å². The van der Waals surface area contributed by atoms with Crippen molar-refractivity contribution in [3.8, 4) is 28.5 Å². The van der Waals surface area contributed by atoms with Gasteiger partial charge in [-0.25, -0.2) is 12.8 Å². The number of hydrogen-bond donors (Lipinski definition) is 2. The second-order valence-electron chi connectivity index (χ2n) is 8.56. The topological polar surface area (TPSA) is 89.7 Å². The molecule has 0 aliphatic carbocycles. The van der Waals surface area contributed by atoms with E-state index in [1.165, 1.54) is 12.1 Å². The van der Waals surface area contributed by atoms with Crippen LogP contribution in [0.4, 0.5) is 4.39 Å². The average Bonchev–Trinajstić information content (AvgIpc) is 3.48. The predicted molar refractivity (Wildman–Crippen MR) is 133 cm³/mol. The first-order valence-electron chi connectivity index (χ1n) is 11.3. The maximum absolute atomic E-state index is 13.0. The molecule has 1 aliphatic heterocycles. The molecule has 0 spiro atoms. The average molecular weight is 501 g/mol. The molecule has 7 nitrogen and oxygen atoms in total. The lowest BCUT2D eigenvalue weighted by Crippen LogP contribution is -2.23. The number of halogens is 1. The Morgan fingerprint density at radius 3 is 2.40 bits per heavy atom. The first kappa shape index (κ1) is 24.8. The van der Waals surface area contributed by atoms with Crippen molar-refractivity contribution in [3.63, 3.8) is 0 Å². The molecule has 1 aliphatic rings. The predicted octanol–water partition coefficient (Wildman–Crippen LogP) is 4.96. The third-order valence-corrected chi connectivity index (χ3v) is 6.67. The summed E-state index contributed by atoms with van der Waals surface area (Å²) < 4.78 is 53.7. The van der Waals surface area contributed by atoms with Crippen molar-refractivity contribution in [2.75, 3.05) is 26.6 Å². The Morgan fingerprint density at radius 2 is 1.74 bits per heavy atom. The van der Waals surface area contributed by atoms with Crippen LogP contribution in [-0.4, -0.2) is 52.2 Å². The van der Waals surface area contributed by atoms with E-state index >= 15 is 0 Å². The number of H-pyrrole nitrogens is 1. The lowest BCUT2D eigenvalue weighted by molar-refractivity contribution is 0.0920. The van der Waals surface area contributed by atoms with Crippen LogP contribution in [0.3, 0.4) is 0 Å².